The van der Waals surface area contributed by atoms with E-state index in [0.717, 1.165) is 22.7 Å². The minimum absolute atomic E-state index is 0.174. The molecule has 0 saturated heterocycles. The molecule has 0 unspecified atom stereocenters. The summed E-state index contributed by atoms with van der Waals surface area (Å²) in [6, 6.07) is 10.7. The zero-order valence-corrected chi connectivity index (χ0v) is 15.7. The van der Waals surface area contributed by atoms with Gasteiger partial charge in [0.1, 0.15) is 18.0 Å². The molecule has 0 radical (unpaired) electrons. The van der Waals surface area contributed by atoms with Crippen molar-refractivity contribution < 1.29 is 35.9 Å². The van der Waals surface area contributed by atoms with E-state index < -0.39 is 34.6 Å². The SMILES string of the molecule is COc1ccccc1N(CC(=O)Nc1ccc(OC(F)(F)F)cc1)S(C)(=O)=O. The number of benzene rings is 2. The monoisotopic (exact) mass is 418 g/mol. The van der Waals surface area contributed by atoms with Gasteiger partial charge in [-0.05, 0) is 36.4 Å². The number of halogens is 3. The van der Waals surface area contributed by atoms with Crippen molar-refractivity contribution in [3.05, 3.63) is 48.5 Å². The molecule has 1 N–H and O–H groups in total. The Balaban J connectivity index is 2.14. The zero-order chi connectivity index (χ0) is 20.9. The quantitative estimate of drug-likeness (QED) is 0.747. The van der Waals surface area contributed by atoms with Crippen molar-refractivity contribution in [1.29, 1.82) is 0 Å². The van der Waals surface area contributed by atoms with Crippen LogP contribution in [0.3, 0.4) is 0 Å². The summed E-state index contributed by atoms with van der Waals surface area (Å²) < 4.78 is 70.5. The Bertz CT molecular complexity index is 931. The molecule has 11 heteroatoms. The number of anilines is 2. The van der Waals surface area contributed by atoms with Gasteiger partial charge in [0.25, 0.3) is 0 Å². The lowest BCUT2D eigenvalue weighted by Gasteiger charge is -2.23. The van der Waals surface area contributed by atoms with Crippen LogP contribution < -0.4 is 19.1 Å². The smallest absolute Gasteiger partial charge is 0.495 e. The molecule has 0 bridgehead atoms. The van der Waals surface area contributed by atoms with Crippen molar-refractivity contribution in [2.45, 2.75) is 6.36 Å². The zero-order valence-electron chi connectivity index (χ0n) is 14.9. The van der Waals surface area contributed by atoms with Gasteiger partial charge in [0, 0.05) is 5.69 Å². The fourth-order valence-corrected chi connectivity index (χ4v) is 3.15. The van der Waals surface area contributed by atoms with E-state index in [9.17, 15) is 26.4 Å². The molecule has 7 nitrogen and oxygen atoms in total. The number of methoxy groups -OCH3 is 1. The second-order valence-electron chi connectivity index (χ2n) is 5.56. The number of alkyl halides is 3. The molecule has 2 aromatic rings. The fourth-order valence-electron chi connectivity index (χ4n) is 2.29. The molecule has 0 atom stereocenters. The normalized spacial score (nSPS) is 11.6. The van der Waals surface area contributed by atoms with Gasteiger partial charge in [0.15, 0.2) is 0 Å². The molecule has 2 aromatic carbocycles. The maximum atomic E-state index is 12.3. The van der Waals surface area contributed by atoms with Crippen molar-refractivity contribution in [2.75, 3.05) is 29.5 Å². The van der Waals surface area contributed by atoms with E-state index in [1.165, 1.54) is 25.3 Å². The maximum Gasteiger partial charge on any atom is 0.573 e. The summed E-state index contributed by atoms with van der Waals surface area (Å²) in [6.07, 6.45) is -3.88. The van der Waals surface area contributed by atoms with Crippen molar-refractivity contribution in [1.82, 2.24) is 0 Å². The van der Waals surface area contributed by atoms with Gasteiger partial charge in [-0.25, -0.2) is 8.42 Å². The van der Waals surface area contributed by atoms with Gasteiger partial charge in [-0.1, -0.05) is 12.1 Å². The minimum atomic E-state index is -4.82. The highest BCUT2D eigenvalue weighted by Crippen LogP contribution is 2.29. The van der Waals surface area contributed by atoms with Crippen LogP contribution in [0, 0.1) is 0 Å². The number of hydrogen-bond acceptors (Lipinski definition) is 5. The molecule has 0 saturated carbocycles. The molecule has 2 rings (SSSR count). The Morgan fingerprint density at radius 2 is 1.71 bits per heavy atom. The standard InChI is InChI=1S/C17H17F3N2O5S/c1-26-15-6-4-3-5-14(15)22(28(2,24)25)11-16(23)21-12-7-9-13(10-8-12)27-17(18,19)20/h3-10H,11H2,1-2H3,(H,21,23). The lowest BCUT2D eigenvalue weighted by atomic mass is 10.3. The summed E-state index contributed by atoms with van der Waals surface area (Å²) in [5, 5.41) is 2.42. The molecule has 0 spiro atoms. The maximum absolute atomic E-state index is 12.3. The molecule has 1 amide bonds. The fraction of sp³-hybridized carbons (Fsp3) is 0.235. The Morgan fingerprint density at radius 3 is 2.25 bits per heavy atom. The van der Waals surface area contributed by atoms with Gasteiger partial charge in [-0.3, -0.25) is 9.10 Å². The summed E-state index contributed by atoms with van der Waals surface area (Å²) in [5.74, 6) is -0.882. The Morgan fingerprint density at radius 1 is 1.11 bits per heavy atom. The number of sulfonamides is 1. The molecule has 0 aliphatic heterocycles. The van der Waals surface area contributed by atoms with Crippen molar-refractivity contribution in [3.63, 3.8) is 0 Å². The topological polar surface area (TPSA) is 84.9 Å². The first-order valence-corrected chi connectivity index (χ1v) is 9.61. The van der Waals surface area contributed by atoms with E-state index in [4.69, 9.17) is 4.74 Å². The molecule has 0 aromatic heterocycles. The average molecular weight is 418 g/mol. The lowest BCUT2D eigenvalue weighted by Crippen LogP contribution is -2.37. The number of carbonyl (C=O) groups is 1. The summed E-state index contributed by atoms with van der Waals surface area (Å²) in [6.45, 7) is -0.556. The Kier molecular flexibility index (Phi) is 6.39. The molecule has 0 aliphatic carbocycles. The third-order valence-corrected chi connectivity index (χ3v) is 4.54. The predicted octanol–water partition coefficient (Wildman–Crippen LogP) is 3.00. The lowest BCUT2D eigenvalue weighted by molar-refractivity contribution is -0.274. The van der Waals surface area contributed by atoms with Crippen LogP contribution in [0.2, 0.25) is 0 Å². The third-order valence-electron chi connectivity index (χ3n) is 3.41. The van der Waals surface area contributed by atoms with Crippen LogP contribution in [0.4, 0.5) is 24.5 Å². The van der Waals surface area contributed by atoms with Crippen LogP contribution in [0.1, 0.15) is 0 Å². The number of rotatable bonds is 7. The van der Waals surface area contributed by atoms with Crippen LogP contribution in [0.5, 0.6) is 11.5 Å². The molecular weight excluding hydrogens is 401 g/mol. The first kappa shape index (κ1) is 21.4. The first-order valence-electron chi connectivity index (χ1n) is 7.76. The summed E-state index contributed by atoms with van der Waals surface area (Å²) in [7, 11) is -2.45. The van der Waals surface area contributed by atoms with Crippen LogP contribution in [-0.2, 0) is 14.8 Å². The molecule has 28 heavy (non-hydrogen) atoms. The van der Waals surface area contributed by atoms with Crippen molar-refractivity contribution >= 4 is 27.3 Å². The Hall–Kier alpha value is -2.95. The van der Waals surface area contributed by atoms with Crippen LogP contribution in [0.25, 0.3) is 0 Å². The number of nitrogens with zero attached hydrogens (tertiary/aromatic N) is 1. The highest BCUT2D eigenvalue weighted by atomic mass is 32.2. The number of hydrogen-bond donors (Lipinski definition) is 1. The molecule has 0 aliphatic rings. The first-order chi connectivity index (χ1) is 13.0. The number of para-hydroxylation sites is 2. The number of amides is 1. The highest BCUT2D eigenvalue weighted by molar-refractivity contribution is 7.92. The molecule has 0 heterocycles. The number of ether oxygens (including phenoxy) is 2. The number of nitrogens with one attached hydrogen (secondary N) is 1. The van der Waals surface area contributed by atoms with Gasteiger partial charge in [0.2, 0.25) is 15.9 Å². The minimum Gasteiger partial charge on any atom is -0.495 e. The Labute approximate surface area is 159 Å². The second kappa shape index (κ2) is 8.38. The van der Waals surface area contributed by atoms with Crippen molar-refractivity contribution in [2.24, 2.45) is 0 Å². The molecule has 152 valence electrons. The van der Waals surface area contributed by atoms with Crippen LogP contribution >= 0.6 is 0 Å². The number of carbonyl (C=O) groups excluding carboxylic acids is 1. The highest BCUT2D eigenvalue weighted by Gasteiger charge is 2.31. The largest absolute Gasteiger partial charge is 0.573 e. The van der Waals surface area contributed by atoms with Crippen LogP contribution in [-0.4, -0.2) is 40.6 Å². The summed E-state index contributed by atoms with van der Waals surface area (Å²) >= 11 is 0. The van der Waals surface area contributed by atoms with Gasteiger partial charge in [-0.15, -0.1) is 13.2 Å². The molecule has 0 fully saturated rings. The van der Waals surface area contributed by atoms with Crippen molar-refractivity contribution in [3.8, 4) is 11.5 Å². The van der Waals surface area contributed by atoms with E-state index in [0.29, 0.717) is 0 Å². The summed E-state index contributed by atoms with van der Waals surface area (Å²) in [5.41, 5.74) is 0.351. The van der Waals surface area contributed by atoms with E-state index in [1.807, 2.05) is 0 Å². The molecular formula is C17H17F3N2O5S. The van der Waals surface area contributed by atoms with Gasteiger partial charge in [-0.2, -0.15) is 0 Å². The van der Waals surface area contributed by atoms with E-state index >= 15 is 0 Å². The van der Waals surface area contributed by atoms with E-state index in [1.54, 1.807) is 18.2 Å². The van der Waals surface area contributed by atoms with E-state index in [-0.39, 0.29) is 17.1 Å². The third kappa shape index (κ3) is 6.05. The van der Waals surface area contributed by atoms with Gasteiger partial charge in [0.05, 0.1) is 19.1 Å². The summed E-state index contributed by atoms with van der Waals surface area (Å²) in [4.78, 5) is 12.3. The predicted molar refractivity (Wildman–Crippen MR) is 96.9 cm³/mol. The average Bonchev–Trinajstić information content (AvgIpc) is 2.59. The second-order valence-corrected chi connectivity index (χ2v) is 7.47. The van der Waals surface area contributed by atoms with E-state index in [2.05, 4.69) is 10.1 Å². The van der Waals surface area contributed by atoms with Gasteiger partial charge >= 0.3 is 6.36 Å². The van der Waals surface area contributed by atoms with Crippen LogP contribution in [0.15, 0.2) is 48.5 Å². The van der Waals surface area contributed by atoms with Gasteiger partial charge < -0.3 is 14.8 Å².